The lowest BCUT2D eigenvalue weighted by Gasteiger charge is -2.34. The number of likely N-dealkylation sites (N-methyl/N-ethyl adjacent to an activating group) is 1. The summed E-state index contributed by atoms with van der Waals surface area (Å²) in [7, 11) is 2.53. The van der Waals surface area contributed by atoms with Crippen molar-refractivity contribution >= 4 is 15.9 Å². The van der Waals surface area contributed by atoms with Gasteiger partial charge in [0, 0.05) is 45.8 Å². The van der Waals surface area contributed by atoms with E-state index in [4.69, 9.17) is 14.2 Å². The van der Waals surface area contributed by atoms with Crippen molar-refractivity contribution in [1.29, 1.82) is 0 Å². The first kappa shape index (κ1) is 24.8. The van der Waals surface area contributed by atoms with E-state index in [1.165, 1.54) is 24.6 Å². The molecule has 10 heteroatoms. The zero-order valence-electron chi connectivity index (χ0n) is 19.5. The van der Waals surface area contributed by atoms with Crippen LogP contribution in [0.15, 0.2) is 47.4 Å². The third-order valence-corrected chi connectivity index (χ3v) is 7.58. The molecule has 1 aliphatic heterocycles. The Kier molecular flexibility index (Phi) is 8.17. The number of methoxy groups -OCH3 is 3. The summed E-state index contributed by atoms with van der Waals surface area (Å²) in [6.45, 7) is 2.20. The zero-order valence-corrected chi connectivity index (χ0v) is 20.3. The third kappa shape index (κ3) is 5.95. The molecule has 2 aromatic carbocycles. The maximum absolute atomic E-state index is 13.2. The Morgan fingerprint density at radius 3 is 2.24 bits per heavy atom. The van der Waals surface area contributed by atoms with E-state index in [2.05, 4.69) is 0 Å². The number of carbonyl (C=O) groups excluding carboxylic acids is 1. The van der Waals surface area contributed by atoms with E-state index in [0.717, 1.165) is 11.3 Å². The molecule has 1 aliphatic rings. The number of piperazine rings is 1. The maximum Gasteiger partial charge on any atom is 0.246 e. The molecular weight excluding hydrogens is 446 g/mol. The second-order valence-corrected chi connectivity index (χ2v) is 9.70. The molecule has 0 N–H and O–H groups in total. The molecule has 0 atom stereocenters. The fourth-order valence-corrected chi connectivity index (χ4v) is 5.29. The standard InChI is InChI=1S/C23H31N3O6S/c1-24(16-18-6-5-7-19(14-18)30-2)23(27)17-25-10-12-26(13-11-25)33(28,29)22-15-20(31-3)8-9-21(22)32-4/h5-9,14-15H,10-13,16-17H2,1-4H3. The van der Waals surface area contributed by atoms with Crippen molar-refractivity contribution in [2.75, 3.05) is 61.1 Å². The van der Waals surface area contributed by atoms with Gasteiger partial charge in [-0.05, 0) is 29.8 Å². The van der Waals surface area contributed by atoms with Gasteiger partial charge in [-0.15, -0.1) is 0 Å². The van der Waals surface area contributed by atoms with Crippen molar-refractivity contribution in [2.24, 2.45) is 0 Å². The van der Waals surface area contributed by atoms with Gasteiger partial charge in [-0.25, -0.2) is 8.42 Å². The van der Waals surface area contributed by atoms with Crippen LogP contribution in [-0.2, 0) is 21.4 Å². The number of carbonyl (C=O) groups is 1. The van der Waals surface area contributed by atoms with Crippen molar-refractivity contribution in [3.05, 3.63) is 48.0 Å². The Labute approximate surface area is 195 Å². The fraction of sp³-hybridized carbons (Fsp3) is 0.435. The molecular formula is C23H31N3O6S. The Morgan fingerprint density at radius 2 is 1.61 bits per heavy atom. The van der Waals surface area contributed by atoms with Crippen LogP contribution in [0.1, 0.15) is 5.56 Å². The average Bonchev–Trinajstić information content (AvgIpc) is 2.84. The first-order valence-electron chi connectivity index (χ1n) is 10.6. The highest BCUT2D eigenvalue weighted by Crippen LogP contribution is 2.31. The summed E-state index contributed by atoms with van der Waals surface area (Å²) in [5, 5.41) is 0. The Balaban J connectivity index is 1.58. The number of hydrogen-bond acceptors (Lipinski definition) is 7. The minimum absolute atomic E-state index is 0.0245. The zero-order chi connectivity index (χ0) is 24.0. The number of benzene rings is 2. The molecule has 1 fully saturated rings. The summed E-state index contributed by atoms with van der Waals surface area (Å²) in [5.41, 5.74) is 0.980. The summed E-state index contributed by atoms with van der Waals surface area (Å²) >= 11 is 0. The van der Waals surface area contributed by atoms with Crippen LogP contribution < -0.4 is 14.2 Å². The quantitative estimate of drug-likeness (QED) is 0.543. The first-order chi connectivity index (χ1) is 15.8. The van der Waals surface area contributed by atoms with Crippen LogP contribution in [0.5, 0.6) is 17.2 Å². The van der Waals surface area contributed by atoms with Crippen LogP contribution in [0, 0.1) is 0 Å². The number of ether oxygens (including phenoxy) is 3. The highest BCUT2D eigenvalue weighted by atomic mass is 32.2. The van der Waals surface area contributed by atoms with Gasteiger partial charge in [0.2, 0.25) is 15.9 Å². The molecule has 0 saturated carbocycles. The van der Waals surface area contributed by atoms with Crippen LogP contribution in [0.2, 0.25) is 0 Å². The SMILES string of the molecule is COc1cccc(CN(C)C(=O)CN2CCN(S(=O)(=O)c3cc(OC)ccc3OC)CC2)c1. The summed E-state index contributed by atoms with van der Waals surface area (Å²) < 4.78 is 43.5. The number of hydrogen-bond donors (Lipinski definition) is 0. The molecule has 2 aromatic rings. The first-order valence-corrected chi connectivity index (χ1v) is 12.0. The van der Waals surface area contributed by atoms with Gasteiger partial charge in [-0.3, -0.25) is 9.69 Å². The van der Waals surface area contributed by atoms with Crippen LogP contribution >= 0.6 is 0 Å². The van der Waals surface area contributed by atoms with Gasteiger partial charge in [-0.2, -0.15) is 4.31 Å². The van der Waals surface area contributed by atoms with E-state index >= 15 is 0 Å². The van der Waals surface area contributed by atoms with Crippen molar-refractivity contribution in [3.63, 3.8) is 0 Å². The van der Waals surface area contributed by atoms with E-state index in [1.807, 2.05) is 29.2 Å². The van der Waals surface area contributed by atoms with Crippen molar-refractivity contribution in [1.82, 2.24) is 14.1 Å². The van der Waals surface area contributed by atoms with Crippen LogP contribution in [0.25, 0.3) is 0 Å². The minimum atomic E-state index is -3.76. The van der Waals surface area contributed by atoms with Gasteiger partial charge in [0.15, 0.2) is 0 Å². The Morgan fingerprint density at radius 1 is 0.939 bits per heavy atom. The molecule has 3 rings (SSSR count). The molecule has 0 bridgehead atoms. The van der Waals surface area contributed by atoms with Crippen LogP contribution in [0.4, 0.5) is 0 Å². The van der Waals surface area contributed by atoms with E-state index in [9.17, 15) is 13.2 Å². The Bertz CT molecular complexity index is 1070. The largest absolute Gasteiger partial charge is 0.497 e. The molecule has 0 aromatic heterocycles. The van der Waals surface area contributed by atoms with Gasteiger partial charge in [-0.1, -0.05) is 12.1 Å². The molecule has 33 heavy (non-hydrogen) atoms. The van der Waals surface area contributed by atoms with E-state index in [1.54, 1.807) is 31.2 Å². The summed E-state index contributed by atoms with van der Waals surface area (Å²) in [4.78, 5) is 16.4. The number of nitrogens with zero attached hydrogens (tertiary/aromatic N) is 3. The summed E-state index contributed by atoms with van der Waals surface area (Å²) in [6.07, 6.45) is 0. The molecule has 0 spiro atoms. The van der Waals surface area contributed by atoms with Crippen molar-refractivity contribution < 1.29 is 27.4 Å². The molecule has 1 saturated heterocycles. The van der Waals surface area contributed by atoms with Crippen molar-refractivity contribution in [2.45, 2.75) is 11.4 Å². The molecule has 1 heterocycles. The maximum atomic E-state index is 13.2. The monoisotopic (exact) mass is 477 g/mol. The van der Waals surface area contributed by atoms with Crippen molar-refractivity contribution in [3.8, 4) is 17.2 Å². The van der Waals surface area contributed by atoms with E-state index < -0.39 is 10.0 Å². The lowest BCUT2D eigenvalue weighted by molar-refractivity contribution is -0.131. The van der Waals surface area contributed by atoms with Gasteiger partial charge in [0.25, 0.3) is 0 Å². The van der Waals surface area contributed by atoms with E-state index in [-0.39, 0.29) is 36.2 Å². The molecule has 0 unspecified atom stereocenters. The highest BCUT2D eigenvalue weighted by molar-refractivity contribution is 7.89. The average molecular weight is 478 g/mol. The fourth-order valence-electron chi connectivity index (χ4n) is 3.70. The molecule has 180 valence electrons. The molecule has 9 nitrogen and oxygen atoms in total. The Hall–Kier alpha value is -2.82. The lowest BCUT2D eigenvalue weighted by Crippen LogP contribution is -2.51. The minimum Gasteiger partial charge on any atom is -0.497 e. The summed E-state index contributed by atoms with van der Waals surface area (Å²) in [5.74, 6) is 1.44. The van der Waals surface area contributed by atoms with Gasteiger partial charge in [0.1, 0.15) is 22.1 Å². The predicted molar refractivity (Wildman–Crippen MR) is 124 cm³/mol. The van der Waals surface area contributed by atoms with Gasteiger partial charge >= 0.3 is 0 Å². The normalized spacial score (nSPS) is 15.2. The smallest absolute Gasteiger partial charge is 0.246 e. The van der Waals surface area contributed by atoms with Crippen LogP contribution in [0.3, 0.4) is 0 Å². The molecule has 0 radical (unpaired) electrons. The van der Waals surface area contributed by atoms with Crippen LogP contribution in [-0.4, -0.2) is 89.5 Å². The predicted octanol–water partition coefficient (Wildman–Crippen LogP) is 1.68. The van der Waals surface area contributed by atoms with Gasteiger partial charge < -0.3 is 19.1 Å². The lowest BCUT2D eigenvalue weighted by atomic mass is 10.2. The topological polar surface area (TPSA) is 88.6 Å². The molecule has 1 amide bonds. The highest BCUT2D eigenvalue weighted by Gasteiger charge is 2.32. The van der Waals surface area contributed by atoms with E-state index in [0.29, 0.717) is 25.4 Å². The number of sulfonamides is 1. The second-order valence-electron chi connectivity index (χ2n) is 7.80. The van der Waals surface area contributed by atoms with Gasteiger partial charge in [0.05, 0.1) is 27.9 Å². The number of amides is 1. The third-order valence-electron chi connectivity index (χ3n) is 5.66. The number of rotatable bonds is 9. The second kappa shape index (κ2) is 10.9. The summed E-state index contributed by atoms with van der Waals surface area (Å²) in [6, 6.07) is 12.3. The molecule has 0 aliphatic carbocycles.